The minimum absolute atomic E-state index is 0.150. The van der Waals surface area contributed by atoms with E-state index in [0.29, 0.717) is 30.7 Å². The lowest BCUT2D eigenvalue weighted by Crippen LogP contribution is -2.48. The number of imide groups is 1. The number of nitrogens with one attached hydrogen (secondary N) is 1. The van der Waals surface area contributed by atoms with Crippen molar-refractivity contribution >= 4 is 12.1 Å². The van der Waals surface area contributed by atoms with Gasteiger partial charge in [0.15, 0.2) is 17.7 Å². The lowest BCUT2D eigenvalue weighted by molar-refractivity contribution is 0.0827. The molecule has 1 aliphatic carbocycles. The summed E-state index contributed by atoms with van der Waals surface area (Å²) in [6, 6.07) is 6.12. The first-order valence-corrected chi connectivity index (χ1v) is 13.2. The SMILES string of the molecule is COc1cc(F)ccc1C1CCC(N2CCC(NC(=O)N3C(=O)OC(CO)C3c3ccc(F)c(F)c3)C2)CC1. The monoisotopic (exact) mass is 547 g/mol. The molecule has 0 radical (unpaired) electrons. The van der Waals surface area contributed by atoms with Gasteiger partial charge in [0.25, 0.3) is 0 Å². The van der Waals surface area contributed by atoms with Crippen molar-refractivity contribution in [2.24, 2.45) is 0 Å². The molecule has 2 aromatic rings. The third-order valence-corrected chi connectivity index (χ3v) is 8.16. The molecule has 39 heavy (non-hydrogen) atoms. The molecule has 2 saturated heterocycles. The molecule has 3 fully saturated rings. The van der Waals surface area contributed by atoms with E-state index in [4.69, 9.17) is 9.47 Å². The number of amides is 3. The standard InChI is InChI=1S/C28H32F3N3O5/c1-38-24-13-18(29)5-8-21(24)16-2-6-20(7-3-16)33-11-10-19(14-33)32-27(36)34-26(25(15-35)39-28(34)37)17-4-9-22(30)23(31)12-17/h4-5,8-9,12-13,16,19-20,25-26,35H,2-3,6-7,10-11,14-15H2,1H3,(H,32,36). The number of hydrogen-bond acceptors (Lipinski definition) is 6. The normalized spacial score (nSPS) is 27.5. The van der Waals surface area contributed by atoms with Crippen molar-refractivity contribution in [3.63, 3.8) is 0 Å². The average molecular weight is 548 g/mol. The summed E-state index contributed by atoms with van der Waals surface area (Å²) >= 11 is 0. The zero-order valence-corrected chi connectivity index (χ0v) is 21.6. The Labute approximate surface area is 224 Å². The first-order valence-electron chi connectivity index (χ1n) is 13.2. The van der Waals surface area contributed by atoms with E-state index < -0.39 is 42.5 Å². The Morgan fingerprint density at radius 2 is 1.85 bits per heavy atom. The highest BCUT2D eigenvalue weighted by atomic mass is 19.2. The van der Waals surface area contributed by atoms with Crippen LogP contribution in [0.25, 0.3) is 0 Å². The Morgan fingerprint density at radius 3 is 2.54 bits per heavy atom. The van der Waals surface area contributed by atoms with Crippen LogP contribution in [0.3, 0.4) is 0 Å². The molecule has 0 aromatic heterocycles. The van der Waals surface area contributed by atoms with Crippen molar-refractivity contribution in [2.45, 2.75) is 62.3 Å². The van der Waals surface area contributed by atoms with Crippen LogP contribution in [-0.4, -0.2) is 72.0 Å². The Hall–Kier alpha value is -3.31. The van der Waals surface area contributed by atoms with E-state index in [-0.39, 0.29) is 17.4 Å². The molecule has 0 bridgehead atoms. The summed E-state index contributed by atoms with van der Waals surface area (Å²) in [7, 11) is 1.55. The van der Waals surface area contributed by atoms with E-state index in [1.165, 1.54) is 18.2 Å². The van der Waals surface area contributed by atoms with E-state index >= 15 is 0 Å². The van der Waals surface area contributed by atoms with E-state index in [1.807, 2.05) is 0 Å². The molecule has 11 heteroatoms. The van der Waals surface area contributed by atoms with E-state index in [0.717, 1.165) is 54.8 Å². The number of ether oxygens (including phenoxy) is 2. The van der Waals surface area contributed by atoms with Gasteiger partial charge in [-0.05, 0) is 67.3 Å². The predicted octanol–water partition coefficient (Wildman–Crippen LogP) is 4.48. The molecule has 8 nitrogen and oxygen atoms in total. The molecule has 2 N–H and O–H groups in total. The molecule has 3 unspecified atom stereocenters. The van der Waals surface area contributed by atoms with Gasteiger partial charge in [-0.2, -0.15) is 0 Å². The number of urea groups is 1. The van der Waals surface area contributed by atoms with Gasteiger partial charge >= 0.3 is 12.1 Å². The van der Waals surface area contributed by atoms with Crippen LogP contribution in [0.1, 0.15) is 55.2 Å². The van der Waals surface area contributed by atoms with Crippen LogP contribution in [0.2, 0.25) is 0 Å². The number of halogens is 3. The molecule has 2 aromatic carbocycles. The predicted molar refractivity (Wildman–Crippen MR) is 135 cm³/mol. The van der Waals surface area contributed by atoms with Crippen LogP contribution < -0.4 is 10.1 Å². The highest BCUT2D eigenvalue weighted by molar-refractivity contribution is 5.93. The van der Waals surface area contributed by atoms with Gasteiger partial charge < -0.3 is 19.9 Å². The van der Waals surface area contributed by atoms with E-state index in [1.54, 1.807) is 13.2 Å². The van der Waals surface area contributed by atoms with Crippen molar-refractivity contribution < 1.29 is 37.3 Å². The van der Waals surface area contributed by atoms with Gasteiger partial charge in [-0.25, -0.2) is 27.7 Å². The zero-order valence-electron chi connectivity index (χ0n) is 21.6. The summed E-state index contributed by atoms with van der Waals surface area (Å²) in [6.07, 6.45) is 2.45. The van der Waals surface area contributed by atoms with Crippen molar-refractivity contribution in [1.82, 2.24) is 15.1 Å². The summed E-state index contributed by atoms with van der Waals surface area (Å²) in [5, 5.41) is 12.6. The lowest BCUT2D eigenvalue weighted by atomic mass is 9.81. The summed E-state index contributed by atoms with van der Waals surface area (Å²) in [6.45, 7) is 0.822. The van der Waals surface area contributed by atoms with Crippen LogP contribution in [0.5, 0.6) is 5.75 Å². The molecule has 210 valence electrons. The van der Waals surface area contributed by atoms with Gasteiger partial charge in [0.05, 0.1) is 13.7 Å². The van der Waals surface area contributed by atoms with Crippen molar-refractivity contribution in [3.05, 3.63) is 65.0 Å². The number of aliphatic hydroxyl groups is 1. The number of cyclic esters (lactones) is 1. The fourth-order valence-electron chi connectivity index (χ4n) is 6.19. The number of likely N-dealkylation sites (tertiary alicyclic amines) is 1. The Kier molecular flexibility index (Phi) is 7.99. The Balaban J connectivity index is 1.19. The minimum Gasteiger partial charge on any atom is -0.496 e. The molecule has 3 amide bonds. The van der Waals surface area contributed by atoms with Crippen molar-refractivity contribution in [1.29, 1.82) is 0 Å². The van der Waals surface area contributed by atoms with Crippen LogP contribution in [0, 0.1) is 17.5 Å². The molecule has 0 spiro atoms. The van der Waals surface area contributed by atoms with Gasteiger partial charge in [0, 0.05) is 31.2 Å². The van der Waals surface area contributed by atoms with E-state index in [9.17, 15) is 27.9 Å². The van der Waals surface area contributed by atoms with Crippen LogP contribution in [0.15, 0.2) is 36.4 Å². The second kappa shape index (κ2) is 11.4. The van der Waals surface area contributed by atoms with Crippen LogP contribution in [0.4, 0.5) is 22.8 Å². The van der Waals surface area contributed by atoms with Gasteiger partial charge in [-0.1, -0.05) is 12.1 Å². The second-order valence-corrected chi connectivity index (χ2v) is 10.4. The first kappa shape index (κ1) is 27.3. The molecular weight excluding hydrogens is 515 g/mol. The van der Waals surface area contributed by atoms with Gasteiger partial charge in [-0.3, -0.25) is 4.90 Å². The smallest absolute Gasteiger partial charge is 0.419 e. The highest BCUT2D eigenvalue weighted by Gasteiger charge is 2.47. The molecule has 2 aliphatic heterocycles. The Morgan fingerprint density at radius 1 is 1.08 bits per heavy atom. The third kappa shape index (κ3) is 5.56. The summed E-state index contributed by atoms with van der Waals surface area (Å²) in [5.41, 5.74) is 1.18. The van der Waals surface area contributed by atoms with Gasteiger partial charge in [-0.15, -0.1) is 0 Å². The highest BCUT2D eigenvalue weighted by Crippen LogP contribution is 2.40. The summed E-state index contributed by atoms with van der Waals surface area (Å²) in [4.78, 5) is 28.9. The fraction of sp³-hybridized carbons (Fsp3) is 0.500. The zero-order chi connectivity index (χ0) is 27.7. The number of benzene rings is 2. The number of carbonyl (C=O) groups is 2. The van der Waals surface area contributed by atoms with Gasteiger partial charge in [0.1, 0.15) is 17.6 Å². The van der Waals surface area contributed by atoms with E-state index in [2.05, 4.69) is 10.2 Å². The fourth-order valence-corrected chi connectivity index (χ4v) is 6.19. The summed E-state index contributed by atoms with van der Waals surface area (Å²) < 4.78 is 51.5. The largest absolute Gasteiger partial charge is 0.496 e. The average Bonchev–Trinajstić information content (AvgIpc) is 3.54. The quantitative estimate of drug-likeness (QED) is 0.555. The van der Waals surface area contributed by atoms with Crippen molar-refractivity contribution in [2.75, 3.05) is 26.8 Å². The molecule has 1 saturated carbocycles. The summed E-state index contributed by atoms with van der Waals surface area (Å²) in [5.74, 6) is -1.63. The molecule has 3 aliphatic rings. The molecule has 3 atom stereocenters. The number of nitrogens with zero attached hydrogens (tertiary/aromatic N) is 2. The second-order valence-electron chi connectivity index (χ2n) is 10.4. The maximum absolute atomic E-state index is 13.9. The maximum Gasteiger partial charge on any atom is 0.419 e. The van der Waals surface area contributed by atoms with Crippen molar-refractivity contribution in [3.8, 4) is 5.75 Å². The first-order chi connectivity index (χ1) is 18.8. The number of carbonyl (C=O) groups excluding carboxylic acids is 2. The topological polar surface area (TPSA) is 91.3 Å². The number of aliphatic hydroxyl groups excluding tert-OH is 1. The van der Waals surface area contributed by atoms with Crippen LogP contribution >= 0.6 is 0 Å². The molecule has 2 heterocycles. The third-order valence-electron chi connectivity index (χ3n) is 8.16. The lowest BCUT2D eigenvalue weighted by Gasteiger charge is -2.35. The molecular formula is C28H32F3N3O5. The maximum atomic E-state index is 13.9. The number of rotatable bonds is 6. The number of hydrogen-bond donors (Lipinski definition) is 2. The Bertz CT molecular complexity index is 1220. The molecule has 5 rings (SSSR count). The minimum atomic E-state index is -1.12. The number of methoxy groups -OCH3 is 1. The van der Waals surface area contributed by atoms with Gasteiger partial charge in [0.2, 0.25) is 0 Å². The van der Waals surface area contributed by atoms with Crippen LogP contribution in [-0.2, 0) is 4.74 Å².